The van der Waals surface area contributed by atoms with Crippen LogP contribution in [-0.4, -0.2) is 35.2 Å². The summed E-state index contributed by atoms with van der Waals surface area (Å²) in [4.78, 5) is 9.90. The second-order valence-corrected chi connectivity index (χ2v) is 7.36. The first-order chi connectivity index (χ1) is 14.6. The van der Waals surface area contributed by atoms with E-state index in [0.29, 0.717) is 23.6 Å². The summed E-state index contributed by atoms with van der Waals surface area (Å²) in [6, 6.07) is 9.01. The third-order valence-corrected chi connectivity index (χ3v) is 5.39. The lowest BCUT2D eigenvalue weighted by Gasteiger charge is -2.01. The van der Waals surface area contributed by atoms with E-state index in [9.17, 15) is 8.78 Å². The molecule has 5 aromatic rings. The smallest absolute Gasteiger partial charge is 0.314 e. The SMILES string of the molecule is Nc1ncnc2sc(-c3cn(Cc4ccc(-c5nnc(C(F)F)o5)cc4)nn3)cc12. The summed E-state index contributed by atoms with van der Waals surface area (Å²) in [5.74, 6) is -0.220. The van der Waals surface area contributed by atoms with Crippen molar-refractivity contribution in [2.45, 2.75) is 13.0 Å². The summed E-state index contributed by atoms with van der Waals surface area (Å²) in [6.45, 7) is 0.478. The minimum Gasteiger partial charge on any atom is -0.415 e. The van der Waals surface area contributed by atoms with E-state index in [0.717, 1.165) is 20.7 Å². The van der Waals surface area contributed by atoms with E-state index in [1.807, 2.05) is 24.4 Å². The molecule has 0 aliphatic carbocycles. The highest BCUT2D eigenvalue weighted by atomic mass is 32.1. The maximum absolute atomic E-state index is 12.6. The summed E-state index contributed by atoms with van der Waals surface area (Å²) in [7, 11) is 0. The van der Waals surface area contributed by atoms with Gasteiger partial charge in [-0.1, -0.05) is 17.3 Å². The second kappa shape index (κ2) is 7.22. The van der Waals surface area contributed by atoms with Crippen LogP contribution in [0.4, 0.5) is 14.6 Å². The maximum Gasteiger partial charge on any atom is 0.314 e. The number of thiophene rings is 1. The first kappa shape index (κ1) is 18.2. The molecular weight excluding hydrogens is 414 g/mol. The number of nitrogen functional groups attached to an aromatic ring is 1. The van der Waals surface area contributed by atoms with E-state index in [-0.39, 0.29) is 5.89 Å². The Bertz CT molecular complexity index is 1330. The predicted octanol–water partition coefficient (Wildman–Crippen LogP) is 3.57. The number of nitrogens with two attached hydrogens (primary N) is 1. The highest BCUT2D eigenvalue weighted by Gasteiger charge is 2.17. The minimum atomic E-state index is -2.79. The van der Waals surface area contributed by atoms with Crippen LogP contribution in [0.3, 0.4) is 0 Å². The largest absolute Gasteiger partial charge is 0.415 e. The van der Waals surface area contributed by atoms with Crippen LogP contribution in [0, 0.1) is 0 Å². The highest BCUT2D eigenvalue weighted by molar-refractivity contribution is 7.21. The number of alkyl halides is 2. The quantitative estimate of drug-likeness (QED) is 0.453. The van der Waals surface area contributed by atoms with Crippen molar-refractivity contribution in [2.75, 3.05) is 5.73 Å². The molecule has 4 heterocycles. The summed E-state index contributed by atoms with van der Waals surface area (Å²) < 4.78 is 31.8. The fraction of sp³-hybridized carbons (Fsp3) is 0.111. The van der Waals surface area contributed by atoms with Gasteiger partial charge in [-0.3, -0.25) is 0 Å². The average Bonchev–Trinajstić information content (AvgIpc) is 3.48. The van der Waals surface area contributed by atoms with Gasteiger partial charge < -0.3 is 10.2 Å². The molecule has 0 saturated heterocycles. The fourth-order valence-corrected chi connectivity index (χ4v) is 3.82. The number of anilines is 1. The highest BCUT2D eigenvalue weighted by Crippen LogP contribution is 2.33. The van der Waals surface area contributed by atoms with Gasteiger partial charge in [0.15, 0.2) is 0 Å². The Balaban J connectivity index is 1.33. The number of nitrogens with zero attached hydrogens (tertiary/aromatic N) is 7. The summed E-state index contributed by atoms with van der Waals surface area (Å²) in [6.07, 6.45) is 0.465. The third kappa shape index (κ3) is 3.37. The summed E-state index contributed by atoms with van der Waals surface area (Å²) >= 11 is 1.46. The van der Waals surface area contributed by atoms with E-state index in [4.69, 9.17) is 10.2 Å². The van der Waals surface area contributed by atoms with Gasteiger partial charge in [-0.25, -0.2) is 14.6 Å². The van der Waals surface area contributed by atoms with Gasteiger partial charge in [-0.15, -0.1) is 26.6 Å². The van der Waals surface area contributed by atoms with Crippen molar-refractivity contribution >= 4 is 27.4 Å². The second-order valence-electron chi connectivity index (χ2n) is 6.33. The van der Waals surface area contributed by atoms with Crippen molar-refractivity contribution in [2.24, 2.45) is 0 Å². The molecule has 1 aromatic carbocycles. The Labute approximate surface area is 171 Å². The molecule has 12 heteroatoms. The zero-order valence-corrected chi connectivity index (χ0v) is 15.9. The number of benzene rings is 1. The molecule has 150 valence electrons. The van der Waals surface area contributed by atoms with Gasteiger partial charge in [-0.2, -0.15) is 8.78 Å². The monoisotopic (exact) mass is 426 g/mol. The zero-order chi connectivity index (χ0) is 20.7. The molecule has 0 bridgehead atoms. The number of halogens is 2. The molecule has 30 heavy (non-hydrogen) atoms. The van der Waals surface area contributed by atoms with Gasteiger partial charge in [0.25, 0.3) is 5.89 Å². The van der Waals surface area contributed by atoms with Gasteiger partial charge in [0.05, 0.1) is 23.0 Å². The van der Waals surface area contributed by atoms with Crippen LogP contribution in [0.1, 0.15) is 17.9 Å². The van der Waals surface area contributed by atoms with E-state index >= 15 is 0 Å². The van der Waals surface area contributed by atoms with Crippen LogP contribution in [0.25, 0.3) is 32.2 Å². The van der Waals surface area contributed by atoms with Crippen molar-refractivity contribution in [3.8, 4) is 22.0 Å². The summed E-state index contributed by atoms with van der Waals surface area (Å²) in [5.41, 5.74) is 8.09. The molecule has 0 aliphatic heterocycles. The van der Waals surface area contributed by atoms with Gasteiger partial charge in [0.2, 0.25) is 5.89 Å². The number of rotatable bonds is 5. The van der Waals surface area contributed by atoms with Crippen molar-refractivity contribution in [3.05, 3.63) is 54.3 Å². The van der Waals surface area contributed by atoms with E-state index in [1.165, 1.54) is 17.7 Å². The van der Waals surface area contributed by atoms with Crippen molar-refractivity contribution in [1.82, 2.24) is 35.2 Å². The number of aromatic nitrogens is 7. The fourth-order valence-electron chi connectivity index (χ4n) is 2.87. The van der Waals surface area contributed by atoms with Crippen molar-refractivity contribution in [1.29, 1.82) is 0 Å². The molecule has 0 atom stereocenters. The van der Waals surface area contributed by atoms with E-state index in [2.05, 4.69) is 30.5 Å². The van der Waals surface area contributed by atoms with Crippen LogP contribution in [0.15, 0.2) is 47.3 Å². The molecule has 5 rings (SSSR count). The van der Waals surface area contributed by atoms with Crippen LogP contribution >= 0.6 is 11.3 Å². The van der Waals surface area contributed by atoms with Crippen molar-refractivity contribution < 1.29 is 13.2 Å². The maximum atomic E-state index is 12.6. The molecular formula is C18H12F2N8OS. The molecule has 0 spiro atoms. The Hall–Kier alpha value is -3.80. The van der Waals surface area contributed by atoms with Crippen LogP contribution < -0.4 is 5.73 Å². The Kier molecular flexibility index (Phi) is 4.39. The Morgan fingerprint density at radius 3 is 2.67 bits per heavy atom. The van der Waals surface area contributed by atoms with Crippen molar-refractivity contribution in [3.63, 3.8) is 0 Å². The molecule has 0 radical (unpaired) electrons. The molecule has 0 amide bonds. The van der Waals surface area contributed by atoms with E-state index in [1.54, 1.807) is 16.8 Å². The predicted molar refractivity (Wildman–Crippen MR) is 105 cm³/mol. The van der Waals surface area contributed by atoms with E-state index < -0.39 is 12.3 Å². The standard InChI is InChI=1S/C18H12F2N8OS/c19-14(20)17-26-25-16(29-17)10-3-1-9(2-4-10)6-28-7-12(24-27-28)13-5-11-15(21)22-8-23-18(11)30-13/h1-5,7-8,14H,6H2,(H2,21,22,23). The van der Waals surface area contributed by atoms with Crippen LogP contribution in [-0.2, 0) is 6.54 Å². The zero-order valence-electron chi connectivity index (χ0n) is 15.1. The normalized spacial score (nSPS) is 11.6. The lowest BCUT2D eigenvalue weighted by atomic mass is 10.1. The van der Waals surface area contributed by atoms with Crippen LogP contribution in [0.5, 0.6) is 0 Å². The molecule has 4 aromatic heterocycles. The average molecular weight is 426 g/mol. The first-order valence-corrected chi connectivity index (χ1v) is 9.50. The van der Waals surface area contributed by atoms with Gasteiger partial charge >= 0.3 is 6.43 Å². The Morgan fingerprint density at radius 2 is 1.93 bits per heavy atom. The molecule has 0 fully saturated rings. The van der Waals surface area contributed by atoms with Gasteiger partial charge in [0, 0.05) is 5.56 Å². The Morgan fingerprint density at radius 1 is 1.10 bits per heavy atom. The molecule has 0 saturated carbocycles. The molecule has 0 aliphatic rings. The first-order valence-electron chi connectivity index (χ1n) is 8.68. The number of fused-ring (bicyclic) bond motifs is 1. The molecule has 0 unspecified atom stereocenters. The summed E-state index contributed by atoms with van der Waals surface area (Å²) in [5, 5.41) is 16.1. The topological polar surface area (TPSA) is 121 Å². The van der Waals surface area contributed by atoms with Gasteiger partial charge in [0.1, 0.15) is 22.7 Å². The lowest BCUT2D eigenvalue weighted by Crippen LogP contribution is -2.00. The number of hydrogen-bond acceptors (Lipinski definition) is 9. The van der Waals surface area contributed by atoms with Crippen LogP contribution in [0.2, 0.25) is 0 Å². The third-order valence-electron chi connectivity index (χ3n) is 4.32. The number of hydrogen-bond donors (Lipinski definition) is 1. The minimum absolute atomic E-state index is 0.0482. The lowest BCUT2D eigenvalue weighted by molar-refractivity contribution is 0.116. The molecule has 9 nitrogen and oxygen atoms in total. The molecule has 2 N–H and O–H groups in total. The van der Waals surface area contributed by atoms with Gasteiger partial charge in [-0.05, 0) is 23.8 Å².